The number of benzene rings is 1. The van der Waals surface area contributed by atoms with Crippen LogP contribution in [-0.2, 0) is 6.42 Å². The van der Waals surface area contributed by atoms with Crippen molar-refractivity contribution in [3.8, 4) is 11.5 Å². The van der Waals surface area contributed by atoms with Crippen LogP contribution in [0.15, 0.2) is 42.7 Å². The number of hydrogen-bond acceptors (Lipinski definition) is 4. The highest BCUT2D eigenvalue weighted by molar-refractivity contribution is 5.97. The van der Waals surface area contributed by atoms with E-state index in [1.165, 1.54) is 0 Å². The molecule has 1 aromatic heterocycles. The Hall–Kier alpha value is -2.56. The van der Waals surface area contributed by atoms with Gasteiger partial charge in [0.05, 0.1) is 19.8 Å². The zero-order chi connectivity index (χ0) is 16.7. The van der Waals surface area contributed by atoms with Gasteiger partial charge in [-0.2, -0.15) is 0 Å². The molecule has 0 N–H and O–H groups in total. The smallest absolute Gasteiger partial charge is 0.257 e. The number of hydrogen-bond donors (Lipinski definition) is 0. The van der Waals surface area contributed by atoms with Crippen LogP contribution in [-0.4, -0.2) is 43.1 Å². The minimum absolute atomic E-state index is 0.0580. The van der Waals surface area contributed by atoms with Crippen molar-refractivity contribution in [2.24, 2.45) is 0 Å². The highest BCUT2D eigenvalue weighted by atomic mass is 16.5. The number of aromatic nitrogens is 1. The van der Waals surface area contributed by atoms with Gasteiger partial charge in [0.25, 0.3) is 5.91 Å². The average molecular weight is 314 g/mol. The van der Waals surface area contributed by atoms with Crippen LogP contribution in [0.4, 0.5) is 0 Å². The van der Waals surface area contributed by atoms with Crippen molar-refractivity contribution in [1.29, 1.82) is 0 Å². The first-order valence-electron chi connectivity index (χ1n) is 7.59. The quantitative estimate of drug-likeness (QED) is 0.788. The Kier molecular flexibility index (Phi) is 5.97. The molecule has 0 aliphatic carbocycles. The Morgan fingerprint density at radius 2 is 1.87 bits per heavy atom. The first-order chi connectivity index (χ1) is 11.2. The number of ether oxygens (including phenoxy) is 2. The lowest BCUT2D eigenvalue weighted by Gasteiger charge is -2.22. The second-order valence-electron chi connectivity index (χ2n) is 5.06. The summed E-state index contributed by atoms with van der Waals surface area (Å²) in [4.78, 5) is 18.6. The predicted molar refractivity (Wildman–Crippen MR) is 89.1 cm³/mol. The minimum atomic E-state index is -0.0580. The van der Waals surface area contributed by atoms with E-state index >= 15 is 0 Å². The molecule has 1 aromatic carbocycles. The van der Waals surface area contributed by atoms with Crippen LogP contribution in [0.25, 0.3) is 0 Å². The summed E-state index contributed by atoms with van der Waals surface area (Å²) in [5.41, 5.74) is 1.67. The number of methoxy groups -OCH3 is 2. The van der Waals surface area contributed by atoms with Crippen molar-refractivity contribution >= 4 is 5.91 Å². The molecular formula is C18H22N2O3. The molecule has 0 aliphatic heterocycles. The van der Waals surface area contributed by atoms with Gasteiger partial charge in [0, 0.05) is 25.5 Å². The van der Waals surface area contributed by atoms with Crippen LogP contribution in [0.2, 0.25) is 0 Å². The van der Waals surface area contributed by atoms with Crippen LogP contribution < -0.4 is 9.47 Å². The lowest BCUT2D eigenvalue weighted by atomic mass is 10.1. The fourth-order valence-corrected chi connectivity index (χ4v) is 2.37. The van der Waals surface area contributed by atoms with Crippen molar-refractivity contribution in [2.75, 3.05) is 27.3 Å². The Morgan fingerprint density at radius 3 is 2.48 bits per heavy atom. The van der Waals surface area contributed by atoms with E-state index in [2.05, 4.69) is 4.98 Å². The summed E-state index contributed by atoms with van der Waals surface area (Å²) in [6, 6.07) is 9.18. The van der Waals surface area contributed by atoms with E-state index in [0.717, 1.165) is 12.0 Å². The molecule has 1 amide bonds. The van der Waals surface area contributed by atoms with Gasteiger partial charge in [-0.25, -0.2) is 0 Å². The van der Waals surface area contributed by atoms with Crippen LogP contribution in [0.1, 0.15) is 22.8 Å². The first-order valence-corrected chi connectivity index (χ1v) is 7.59. The summed E-state index contributed by atoms with van der Waals surface area (Å²) >= 11 is 0. The Morgan fingerprint density at radius 1 is 1.13 bits per heavy atom. The second-order valence-corrected chi connectivity index (χ2v) is 5.06. The second kappa shape index (κ2) is 8.17. The van der Waals surface area contributed by atoms with Crippen LogP contribution >= 0.6 is 0 Å². The van der Waals surface area contributed by atoms with E-state index in [0.29, 0.717) is 30.2 Å². The molecule has 0 aliphatic rings. The topological polar surface area (TPSA) is 51.7 Å². The van der Waals surface area contributed by atoms with E-state index in [1.54, 1.807) is 49.7 Å². The molecule has 0 saturated carbocycles. The minimum Gasteiger partial charge on any atom is -0.497 e. The summed E-state index contributed by atoms with van der Waals surface area (Å²) < 4.78 is 10.5. The average Bonchev–Trinajstić information content (AvgIpc) is 2.62. The summed E-state index contributed by atoms with van der Waals surface area (Å²) in [6.07, 6.45) is 4.31. The molecular weight excluding hydrogens is 292 g/mol. The van der Waals surface area contributed by atoms with Gasteiger partial charge < -0.3 is 14.4 Å². The molecule has 0 radical (unpaired) electrons. The number of pyridine rings is 1. The predicted octanol–water partition coefficient (Wildman–Crippen LogP) is 2.80. The molecule has 2 rings (SSSR count). The number of likely N-dealkylation sites (N-methyl/N-ethyl adjacent to an activating group) is 1. The Balaban J connectivity index is 2.16. The van der Waals surface area contributed by atoms with Gasteiger partial charge in [-0.1, -0.05) is 0 Å². The van der Waals surface area contributed by atoms with Crippen molar-refractivity contribution in [2.45, 2.75) is 13.3 Å². The normalized spacial score (nSPS) is 10.2. The molecule has 23 heavy (non-hydrogen) atoms. The Bertz CT molecular complexity index is 644. The molecule has 5 heteroatoms. The van der Waals surface area contributed by atoms with Gasteiger partial charge in [0.2, 0.25) is 0 Å². The van der Waals surface area contributed by atoms with Gasteiger partial charge in [-0.3, -0.25) is 9.78 Å². The lowest BCUT2D eigenvalue weighted by molar-refractivity contribution is 0.0762. The summed E-state index contributed by atoms with van der Waals surface area (Å²) in [5, 5.41) is 0. The summed E-state index contributed by atoms with van der Waals surface area (Å²) in [6.45, 7) is 3.24. The van der Waals surface area contributed by atoms with Crippen molar-refractivity contribution in [3.63, 3.8) is 0 Å². The summed E-state index contributed by atoms with van der Waals surface area (Å²) in [5.74, 6) is 1.13. The van der Waals surface area contributed by atoms with E-state index in [1.807, 2.05) is 19.1 Å². The molecule has 0 atom stereocenters. The van der Waals surface area contributed by atoms with Gasteiger partial charge in [0.15, 0.2) is 0 Å². The van der Waals surface area contributed by atoms with Crippen molar-refractivity contribution in [1.82, 2.24) is 9.88 Å². The van der Waals surface area contributed by atoms with Crippen molar-refractivity contribution < 1.29 is 14.3 Å². The highest BCUT2D eigenvalue weighted by Gasteiger charge is 2.19. The maximum absolute atomic E-state index is 12.8. The zero-order valence-electron chi connectivity index (χ0n) is 13.8. The van der Waals surface area contributed by atoms with Crippen LogP contribution in [0.3, 0.4) is 0 Å². The van der Waals surface area contributed by atoms with Crippen molar-refractivity contribution in [3.05, 3.63) is 53.9 Å². The van der Waals surface area contributed by atoms with Gasteiger partial charge in [0.1, 0.15) is 11.5 Å². The fraction of sp³-hybridized carbons (Fsp3) is 0.333. The number of amides is 1. The van der Waals surface area contributed by atoms with Crippen LogP contribution in [0.5, 0.6) is 11.5 Å². The molecule has 2 aromatic rings. The standard InChI is InChI=1S/C18H22N2O3/c1-4-20(12-9-14-7-10-19-11-8-14)18(21)16-13-15(22-2)5-6-17(16)23-3/h5-8,10-11,13H,4,9,12H2,1-3H3. The lowest BCUT2D eigenvalue weighted by Crippen LogP contribution is -2.33. The van der Waals surface area contributed by atoms with E-state index in [9.17, 15) is 4.79 Å². The largest absolute Gasteiger partial charge is 0.497 e. The molecule has 0 spiro atoms. The number of rotatable bonds is 7. The van der Waals surface area contributed by atoms with Gasteiger partial charge in [-0.15, -0.1) is 0 Å². The number of carbonyl (C=O) groups is 1. The fourth-order valence-electron chi connectivity index (χ4n) is 2.37. The third-order valence-electron chi connectivity index (χ3n) is 3.73. The van der Waals surface area contributed by atoms with Gasteiger partial charge >= 0.3 is 0 Å². The van der Waals surface area contributed by atoms with E-state index < -0.39 is 0 Å². The molecule has 0 unspecified atom stereocenters. The highest BCUT2D eigenvalue weighted by Crippen LogP contribution is 2.25. The van der Waals surface area contributed by atoms with E-state index in [-0.39, 0.29) is 5.91 Å². The Labute approximate surface area is 136 Å². The SMILES string of the molecule is CCN(CCc1ccncc1)C(=O)c1cc(OC)ccc1OC. The van der Waals surface area contributed by atoms with Gasteiger partial charge in [-0.05, 0) is 49.2 Å². The number of nitrogens with zero attached hydrogens (tertiary/aromatic N) is 2. The molecule has 0 bridgehead atoms. The molecule has 1 heterocycles. The zero-order valence-corrected chi connectivity index (χ0v) is 13.8. The van der Waals surface area contributed by atoms with E-state index in [4.69, 9.17) is 9.47 Å². The summed E-state index contributed by atoms with van der Waals surface area (Å²) in [7, 11) is 3.14. The molecule has 0 fully saturated rings. The monoisotopic (exact) mass is 314 g/mol. The molecule has 122 valence electrons. The number of carbonyl (C=O) groups excluding carboxylic acids is 1. The maximum Gasteiger partial charge on any atom is 0.257 e. The third kappa shape index (κ3) is 4.22. The van der Waals surface area contributed by atoms with Crippen LogP contribution in [0, 0.1) is 0 Å². The molecule has 0 saturated heterocycles. The maximum atomic E-state index is 12.8. The first kappa shape index (κ1) is 16.8. The molecule has 5 nitrogen and oxygen atoms in total. The third-order valence-corrected chi connectivity index (χ3v) is 3.73.